The third kappa shape index (κ3) is 4.80. The van der Waals surface area contributed by atoms with Crippen molar-refractivity contribution in [3.8, 4) is 22.8 Å². The van der Waals surface area contributed by atoms with Crippen molar-refractivity contribution in [1.82, 2.24) is 25.0 Å². The molecule has 1 amide bonds. The van der Waals surface area contributed by atoms with E-state index in [1.165, 1.54) is 30.8 Å². The molecular formula is C21H19FN6O2S. The van der Waals surface area contributed by atoms with Gasteiger partial charge >= 0.3 is 0 Å². The molecule has 0 saturated heterocycles. The molecule has 0 aliphatic rings. The molecule has 31 heavy (non-hydrogen) atoms. The number of thioether (sulfide) groups is 1. The molecular weight excluding hydrogens is 419 g/mol. The largest absolute Gasteiger partial charge is 0.420 e. The maximum Gasteiger partial charge on any atom is 0.247 e. The average Bonchev–Trinajstić information content (AvgIpc) is 3.39. The molecule has 0 aliphatic carbocycles. The summed E-state index contributed by atoms with van der Waals surface area (Å²) in [5, 5.41) is 20.2. The van der Waals surface area contributed by atoms with Crippen LogP contribution >= 0.6 is 11.8 Å². The number of amides is 1. The fraction of sp³-hybridized carbons (Fsp3) is 0.190. The summed E-state index contributed by atoms with van der Waals surface area (Å²) >= 11 is 1.43. The third-order valence-electron chi connectivity index (χ3n) is 4.36. The second-order valence-corrected chi connectivity index (χ2v) is 7.55. The minimum atomic E-state index is -0.323. The lowest BCUT2D eigenvalue weighted by Crippen LogP contribution is -2.06. The molecule has 0 bridgehead atoms. The van der Waals surface area contributed by atoms with Crippen molar-refractivity contribution in [1.29, 1.82) is 0 Å². The fourth-order valence-corrected chi connectivity index (χ4v) is 3.82. The van der Waals surface area contributed by atoms with Gasteiger partial charge in [0.1, 0.15) is 5.82 Å². The van der Waals surface area contributed by atoms with Gasteiger partial charge in [0.15, 0.2) is 11.0 Å². The van der Waals surface area contributed by atoms with E-state index >= 15 is 0 Å². The van der Waals surface area contributed by atoms with Crippen LogP contribution in [0.2, 0.25) is 0 Å². The van der Waals surface area contributed by atoms with Gasteiger partial charge in [-0.25, -0.2) is 4.39 Å². The second-order valence-electron chi connectivity index (χ2n) is 6.61. The Labute approximate surface area is 181 Å². The van der Waals surface area contributed by atoms with E-state index in [9.17, 15) is 9.18 Å². The molecule has 2 aromatic carbocycles. The quantitative estimate of drug-likeness (QED) is 0.427. The zero-order valence-electron chi connectivity index (χ0n) is 16.9. The summed E-state index contributed by atoms with van der Waals surface area (Å²) in [5.74, 6) is 1.43. The number of carbonyl (C=O) groups is 1. The summed E-state index contributed by atoms with van der Waals surface area (Å²) < 4.78 is 20.8. The maximum absolute atomic E-state index is 13.1. The van der Waals surface area contributed by atoms with Crippen LogP contribution in [0.1, 0.15) is 19.7 Å². The predicted octanol–water partition coefficient (Wildman–Crippen LogP) is 4.40. The highest BCUT2D eigenvalue weighted by Gasteiger charge is 2.16. The summed E-state index contributed by atoms with van der Waals surface area (Å²) in [6.45, 7) is 4.14. The van der Waals surface area contributed by atoms with Gasteiger partial charge in [-0.15, -0.1) is 20.4 Å². The smallest absolute Gasteiger partial charge is 0.247 e. The molecule has 10 heteroatoms. The molecule has 0 radical (unpaired) electrons. The Morgan fingerprint density at radius 3 is 2.65 bits per heavy atom. The number of hydrogen-bond acceptors (Lipinski definition) is 7. The molecule has 0 unspecified atom stereocenters. The topological polar surface area (TPSA) is 98.7 Å². The Morgan fingerprint density at radius 1 is 1.10 bits per heavy atom. The standard InChI is InChI=1S/C21H19FN6O2S/c1-3-28-19(15-5-4-6-17(11-15)23-13(2)29)25-27-21(28)31-12-18-24-26-20(30-18)14-7-9-16(22)10-8-14/h4-11H,3,12H2,1-2H3,(H,23,29). The van der Waals surface area contributed by atoms with Crippen molar-refractivity contribution in [2.45, 2.75) is 31.3 Å². The highest BCUT2D eigenvalue weighted by molar-refractivity contribution is 7.98. The van der Waals surface area contributed by atoms with Gasteiger partial charge in [-0.3, -0.25) is 4.79 Å². The number of carbonyl (C=O) groups excluding carboxylic acids is 1. The minimum absolute atomic E-state index is 0.134. The van der Waals surface area contributed by atoms with Crippen LogP contribution in [0.5, 0.6) is 0 Å². The number of aromatic nitrogens is 5. The van der Waals surface area contributed by atoms with Crippen molar-refractivity contribution in [3.63, 3.8) is 0 Å². The van der Waals surface area contributed by atoms with Crippen LogP contribution in [-0.4, -0.2) is 30.9 Å². The molecule has 8 nitrogen and oxygen atoms in total. The van der Waals surface area contributed by atoms with Crippen LogP contribution in [0, 0.1) is 5.82 Å². The van der Waals surface area contributed by atoms with Gasteiger partial charge in [0, 0.05) is 30.3 Å². The predicted molar refractivity (Wildman–Crippen MR) is 115 cm³/mol. The number of rotatable bonds is 7. The molecule has 2 aromatic heterocycles. The van der Waals surface area contributed by atoms with Crippen molar-refractivity contribution in [3.05, 3.63) is 60.2 Å². The molecule has 4 rings (SSSR count). The third-order valence-corrected chi connectivity index (χ3v) is 5.31. The van der Waals surface area contributed by atoms with Gasteiger partial charge in [-0.1, -0.05) is 23.9 Å². The van der Waals surface area contributed by atoms with Crippen LogP contribution < -0.4 is 5.32 Å². The van der Waals surface area contributed by atoms with Crippen LogP contribution in [0.25, 0.3) is 22.8 Å². The number of halogens is 1. The van der Waals surface area contributed by atoms with Gasteiger partial charge in [-0.05, 0) is 43.3 Å². The van der Waals surface area contributed by atoms with Crippen molar-refractivity contribution in [2.24, 2.45) is 0 Å². The molecule has 1 N–H and O–H groups in total. The van der Waals surface area contributed by atoms with Crippen LogP contribution in [-0.2, 0) is 17.1 Å². The number of benzene rings is 2. The van der Waals surface area contributed by atoms with E-state index in [-0.39, 0.29) is 11.7 Å². The summed E-state index contributed by atoms with van der Waals surface area (Å²) in [6.07, 6.45) is 0. The van der Waals surface area contributed by atoms with Gasteiger partial charge in [0.05, 0.1) is 5.75 Å². The average molecular weight is 438 g/mol. The summed E-state index contributed by atoms with van der Waals surface area (Å²) in [6, 6.07) is 13.3. The van der Waals surface area contributed by atoms with Gasteiger partial charge < -0.3 is 14.3 Å². The Bertz CT molecular complexity index is 1200. The lowest BCUT2D eigenvalue weighted by atomic mass is 10.2. The van der Waals surface area contributed by atoms with Crippen molar-refractivity contribution < 1.29 is 13.6 Å². The first-order valence-corrected chi connectivity index (χ1v) is 10.5. The lowest BCUT2D eigenvalue weighted by molar-refractivity contribution is -0.114. The highest BCUT2D eigenvalue weighted by Crippen LogP contribution is 2.28. The maximum atomic E-state index is 13.1. The fourth-order valence-electron chi connectivity index (χ4n) is 2.98. The normalized spacial score (nSPS) is 10.9. The first-order chi connectivity index (χ1) is 15.0. The van der Waals surface area contributed by atoms with Gasteiger partial charge in [-0.2, -0.15) is 0 Å². The molecule has 4 aromatic rings. The summed E-state index contributed by atoms with van der Waals surface area (Å²) in [5.41, 5.74) is 2.20. The van der Waals surface area contributed by atoms with E-state index in [4.69, 9.17) is 4.42 Å². The zero-order chi connectivity index (χ0) is 21.8. The first-order valence-electron chi connectivity index (χ1n) is 9.56. The van der Waals surface area contributed by atoms with Gasteiger partial charge in [0.25, 0.3) is 0 Å². The zero-order valence-corrected chi connectivity index (χ0v) is 17.7. The monoisotopic (exact) mass is 438 g/mol. The van der Waals surface area contributed by atoms with Crippen LogP contribution in [0.3, 0.4) is 0 Å². The van der Waals surface area contributed by atoms with E-state index in [0.29, 0.717) is 46.3 Å². The Morgan fingerprint density at radius 2 is 1.90 bits per heavy atom. The number of nitrogens with zero attached hydrogens (tertiary/aromatic N) is 5. The molecule has 0 atom stereocenters. The Kier molecular flexibility index (Phi) is 6.08. The molecule has 2 heterocycles. The molecule has 0 aliphatic heterocycles. The molecule has 158 valence electrons. The number of anilines is 1. The first kappa shape index (κ1) is 20.7. The van der Waals surface area contributed by atoms with Crippen LogP contribution in [0.4, 0.5) is 10.1 Å². The van der Waals surface area contributed by atoms with E-state index in [1.807, 2.05) is 35.8 Å². The second kappa shape index (κ2) is 9.09. The number of nitrogens with one attached hydrogen (secondary N) is 1. The van der Waals surface area contributed by atoms with E-state index in [0.717, 1.165) is 5.56 Å². The summed E-state index contributed by atoms with van der Waals surface area (Å²) in [4.78, 5) is 11.3. The molecule has 0 fully saturated rings. The highest BCUT2D eigenvalue weighted by atomic mass is 32.2. The summed E-state index contributed by atoms with van der Waals surface area (Å²) in [7, 11) is 0. The molecule has 0 spiro atoms. The lowest BCUT2D eigenvalue weighted by Gasteiger charge is -2.08. The van der Waals surface area contributed by atoms with Crippen LogP contribution in [0.15, 0.2) is 58.1 Å². The molecule has 0 saturated carbocycles. The minimum Gasteiger partial charge on any atom is -0.420 e. The van der Waals surface area contributed by atoms with E-state index in [2.05, 4.69) is 25.7 Å². The van der Waals surface area contributed by atoms with E-state index < -0.39 is 0 Å². The van der Waals surface area contributed by atoms with Crippen molar-refractivity contribution in [2.75, 3.05) is 5.32 Å². The Hall–Kier alpha value is -3.53. The van der Waals surface area contributed by atoms with Crippen molar-refractivity contribution >= 4 is 23.4 Å². The Balaban J connectivity index is 1.50. The van der Waals surface area contributed by atoms with Gasteiger partial charge in [0.2, 0.25) is 17.7 Å². The van der Waals surface area contributed by atoms with E-state index in [1.54, 1.807) is 12.1 Å². The number of hydrogen-bond donors (Lipinski definition) is 1. The SMILES string of the molecule is CCn1c(SCc2nnc(-c3ccc(F)cc3)o2)nnc1-c1cccc(NC(C)=O)c1.